The SMILES string of the molecule is CCOC(=O)C1(COc2ccc(F)cc2)CC(=S)OC1=O. The predicted molar refractivity (Wildman–Crippen MR) is 74.3 cm³/mol. The molecule has 1 aromatic carbocycles. The second-order valence-electron chi connectivity index (χ2n) is 4.48. The quantitative estimate of drug-likeness (QED) is 0.471. The lowest BCUT2D eigenvalue weighted by Crippen LogP contribution is -2.42. The van der Waals surface area contributed by atoms with E-state index in [1.807, 2.05) is 0 Å². The second kappa shape index (κ2) is 6.17. The van der Waals surface area contributed by atoms with Crippen molar-refractivity contribution in [2.45, 2.75) is 13.3 Å². The highest BCUT2D eigenvalue weighted by Gasteiger charge is 2.56. The van der Waals surface area contributed by atoms with Crippen molar-refractivity contribution in [3.8, 4) is 5.75 Å². The van der Waals surface area contributed by atoms with Crippen molar-refractivity contribution in [3.63, 3.8) is 0 Å². The number of cyclic esters (lactones) is 1. The van der Waals surface area contributed by atoms with Gasteiger partial charge in [0.2, 0.25) is 5.41 Å². The highest BCUT2D eigenvalue weighted by atomic mass is 32.1. The summed E-state index contributed by atoms with van der Waals surface area (Å²) in [4.78, 5) is 24.0. The smallest absolute Gasteiger partial charge is 0.333 e. The van der Waals surface area contributed by atoms with E-state index in [1.54, 1.807) is 6.92 Å². The number of carbonyl (C=O) groups excluding carboxylic acids is 2. The van der Waals surface area contributed by atoms with Gasteiger partial charge in [-0.2, -0.15) is 0 Å². The van der Waals surface area contributed by atoms with Crippen LogP contribution in [0.5, 0.6) is 5.75 Å². The van der Waals surface area contributed by atoms with Gasteiger partial charge in [-0.15, -0.1) is 0 Å². The minimum absolute atomic E-state index is 0.0239. The van der Waals surface area contributed by atoms with Crippen molar-refractivity contribution in [2.24, 2.45) is 5.41 Å². The summed E-state index contributed by atoms with van der Waals surface area (Å²) in [5.74, 6) is -1.61. The molecule has 0 aromatic heterocycles. The van der Waals surface area contributed by atoms with Crippen molar-refractivity contribution >= 4 is 29.2 Å². The van der Waals surface area contributed by atoms with Crippen LogP contribution in [-0.2, 0) is 19.1 Å². The molecule has 0 saturated carbocycles. The number of hydrogen-bond acceptors (Lipinski definition) is 6. The lowest BCUT2D eigenvalue weighted by atomic mass is 9.87. The predicted octanol–water partition coefficient (Wildman–Crippen LogP) is 2.03. The standard InChI is InChI=1S/C14H13FO5S/c1-2-18-12(16)14(7-11(21)20-13(14)17)8-19-10-5-3-9(15)4-6-10/h3-6H,2,7-8H2,1H3. The molecule has 1 atom stereocenters. The summed E-state index contributed by atoms with van der Waals surface area (Å²) in [7, 11) is 0. The van der Waals surface area contributed by atoms with Gasteiger partial charge >= 0.3 is 11.9 Å². The minimum atomic E-state index is -1.60. The topological polar surface area (TPSA) is 61.8 Å². The van der Waals surface area contributed by atoms with Gasteiger partial charge < -0.3 is 14.2 Å². The van der Waals surface area contributed by atoms with E-state index < -0.39 is 23.2 Å². The van der Waals surface area contributed by atoms with Gasteiger partial charge in [-0.25, -0.2) is 4.39 Å². The molecule has 1 aliphatic rings. The fraction of sp³-hybridized carbons (Fsp3) is 0.357. The van der Waals surface area contributed by atoms with E-state index in [-0.39, 0.29) is 24.7 Å². The van der Waals surface area contributed by atoms with Crippen LogP contribution < -0.4 is 4.74 Å². The molecule has 0 radical (unpaired) electrons. The molecule has 5 nitrogen and oxygen atoms in total. The normalized spacial score (nSPS) is 21.0. The van der Waals surface area contributed by atoms with E-state index in [1.165, 1.54) is 24.3 Å². The van der Waals surface area contributed by atoms with E-state index in [0.717, 1.165) is 0 Å². The maximum Gasteiger partial charge on any atom is 0.333 e. The molecule has 7 heteroatoms. The maximum absolute atomic E-state index is 12.8. The fourth-order valence-corrected chi connectivity index (χ4v) is 2.21. The largest absolute Gasteiger partial charge is 0.492 e. The zero-order chi connectivity index (χ0) is 15.5. The van der Waals surface area contributed by atoms with Gasteiger partial charge in [-0.05, 0) is 43.4 Å². The van der Waals surface area contributed by atoms with Crippen LogP contribution in [0.1, 0.15) is 13.3 Å². The zero-order valence-electron chi connectivity index (χ0n) is 11.3. The number of ether oxygens (including phenoxy) is 3. The van der Waals surface area contributed by atoms with Gasteiger partial charge in [0.25, 0.3) is 0 Å². The highest BCUT2D eigenvalue weighted by Crippen LogP contribution is 2.34. The molecule has 112 valence electrons. The fourth-order valence-electron chi connectivity index (χ4n) is 1.89. The number of hydrogen-bond donors (Lipinski definition) is 0. The van der Waals surface area contributed by atoms with Crippen LogP contribution in [0.15, 0.2) is 24.3 Å². The Morgan fingerprint density at radius 3 is 2.62 bits per heavy atom. The van der Waals surface area contributed by atoms with Crippen molar-refractivity contribution in [1.29, 1.82) is 0 Å². The molecule has 0 spiro atoms. The summed E-state index contributed by atoms with van der Waals surface area (Å²) < 4.78 is 28.0. The third-order valence-corrected chi connectivity index (χ3v) is 3.24. The van der Waals surface area contributed by atoms with Gasteiger partial charge in [0.05, 0.1) is 6.61 Å². The molecule has 0 aliphatic carbocycles. The summed E-state index contributed by atoms with van der Waals surface area (Å²) >= 11 is 4.84. The zero-order valence-corrected chi connectivity index (χ0v) is 12.1. The third-order valence-electron chi connectivity index (χ3n) is 3.01. The lowest BCUT2D eigenvalue weighted by molar-refractivity contribution is -0.165. The first-order valence-corrected chi connectivity index (χ1v) is 6.69. The number of halogens is 1. The van der Waals surface area contributed by atoms with Crippen LogP contribution in [0.25, 0.3) is 0 Å². The van der Waals surface area contributed by atoms with E-state index in [0.29, 0.717) is 5.75 Å². The molecule has 0 amide bonds. The first kappa shape index (κ1) is 15.4. The van der Waals surface area contributed by atoms with Gasteiger partial charge in [0.15, 0.2) is 5.05 Å². The summed E-state index contributed by atoms with van der Waals surface area (Å²) in [6.07, 6.45) is -0.0683. The van der Waals surface area contributed by atoms with Crippen molar-refractivity contribution in [2.75, 3.05) is 13.2 Å². The molecule has 1 unspecified atom stereocenters. The molecule has 0 bridgehead atoms. The van der Waals surface area contributed by atoms with Gasteiger partial charge in [-0.1, -0.05) is 0 Å². The Hall–Kier alpha value is -2.02. The van der Waals surface area contributed by atoms with E-state index >= 15 is 0 Å². The molecular formula is C14H13FO5S. The molecule has 1 aliphatic heterocycles. The molecule has 1 saturated heterocycles. The maximum atomic E-state index is 12.8. The molecule has 1 fully saturated rings. The first-order chi connectivity index (χ1) is 9.98. The van der Waals surface area contributed by atoms with Crippen LogP contribution >= 0.6 is 12.2 Å². The number of benzene rings is 1. The molecule has 1 aromatic rings. The number of esters is 2. The average molecular weight is 312 g/mol. The second-order valence-corrected chi connectivity index (χ2v) is 4.94. The molecule has 2 rings (SSSR count). The molecule has 1 heterocycles. The number of rotatable bonds is 5. The summed E-state index contributed by atoms with van der Waals surface area (Å²) in [5.41, 5.74) is -1.60. The Balaban J connectivity index is 2.17. The summed E-state index contributed by atoms with van der Waals surface area (Å²) in [6, 6.07) is 5.22. The van der Waals surface area contributed by atoms with Crippen molar-refractivity contribution in [3.05, 3.63) is 30.1 Å². The van der Waals surface area contributed by atoms with Crippen molar-refractivity contribution in [1.82, 2.24) is 0 Å². The van der Waals surface area contributed by atoms with Gasteiger partial charge in [0.1, 0.15) is 18.2 Å². The Bertz CT molecular complexity index is 571. The Morgan fingerprint density at radius 2 is 2.10 bits per heavy atom. The summed E-state index contributed by atoms with van der Waals surface area (Å²) in [5, 5.41) is 0.0239. The number of thiocarbonyl (C=S) groups is 1. The van der Waals surface area contributed by atoms with Gasteiger partial charge in [-0.3, -0.25) is 9.59 Å². The van der Waals surface area contributed by atoms with Gasteiger partial charge in [0, 0.05) is 6.42 Å². The number of carbonyl (C=O) groups is 2. The van der Waals surface area contributed by atoms with Crippen LogP contribution in [0.3, 0.4) is 0 Å². The third kappa shape index (κ3) is 3.18. The van der Waals surface area contributed by atoms with Crippen LogP contribution in [0.4, 0.5) is 4.39 Å². The molecule has 0 N–H and O–H groups in total. The van der Waals surface area contributed by atoms with E-state index in [2.05, 4.69) is 0 Å². The van der Waals surface area contributed by atoms with E-state index in [9.17, 15) is 14.0 Å². The lowest BCUT2D eigenvalue weighted by Gasteiger charge is -2.22. The minimum Gasteiger partial charge on any atom is -0.492 e. The Kier molecular flexibility index (Phi) is 4.52. The molecular weight excluding hydrogens is 299 g/mol. The van der Waals surface area contributed by atoms with Crippen LogP contribution in [0.2, 0.25) is 0 Å². The average Bonchev–Trinajstić information content (AvgIpc) is 2.74. The highest BCUT2D eigenvalue weighted by molar-refractivity contribution is 7.80. The van der Waals surface area contributed by atoms with E-state index in [4.69, 9.17) is 26.4 Å². The first-order valence-electron chi connectivity index (χ1n) is 6.28. The van der Waals surface area contributed by atoms with Crippen LogP contribution in [-0.4, -0.2) is 30.2 Å². The van der Waals surface area contributed by atoms with Crippen molar-refractivity contribution < 1.29 is 28.2 Å². The van der Waals surface area contributed by atoms with Crippen LogP contribution in [0, 0.1) is 11.2 Å². The Labute approximate surface area is 126 Å². The Morgan fingerprint density at radius 1 is 1.43 bits per heavy atom. The summed E-state index contributed by atoms with van der Waals surface area (Å²) in [6.45, 7) is 1.47. The monoisotopic (exact) mass is 312 g/mol. The molecule has 21 heavy (non-hydrogen) atoms.